The van der Waals surface area contributed by atoms with E-state index in [0.717, 1.165) is 24.1 Å². The Labute approximate surface area is 106 Å². The molecule has 1 aliphatic heterocycles. The van der Waals surface area contributed by atoms with Crippen LogP contribution < -0.4 is 4.90 Å². The van der Waals surface area contributed by atoms with Crippen molar-refractivity contribution in [3.05, 3.63) is 33.9 Å². The third kappa shape index (κ3) is 2.31. The molecule has 0 saturated carbocycles. The standard InChI is InChI=1S/C13H18N2O3/c1-3-6-13(16)8-14(9-13)12-7-11(15(17)18)5-4-10(12)2/h4-5,7,16H,3,6,8-9H2,1-2H3. The predicted octanol–water partition coefficient (Wildman–Crippen LogP) is 2.25. The second-order valence-electron chi connectivity index (χ2n) is 5.06. The first kappa shape index (κ1) is 12.8. The van der Waals surface area contributed by atoms with Crippen LogP contribution in [0.25, 0.3) is 0 Å². The van der Waals surface area contributed by atoms with Crippen molar-refractivity contribution in [3.8, 4) is 0 Å². The van der Waals surface area contributed by atoms with Gasteiger partial charge in [0.05, 0.1) is 10.5 Å². The molecule has 1 heterocycles. The average Bonchev–Trinajstić information content (AvgIpc) is 2.26. The van der Waals surface area contributed by atoms with Crippen molar-refractivity contribution in [1.82, 2.24) is 0 Å². The molecule has 1 aromatic rings. The number of nitro groups is 1. The molecule has 1 aliphatic rings. The van der Waals surface area contributed by atoms with E-state index in [1.807, 2.05) is 18.7 Å². The minimum Gasteiger partial charge on any atom is -0.386 e. The molecule has 0 spiro atoms. The van der Waals surface area contributed by atoms with E-state index in [1.54, 1.807) is 12.1 Å². The van der Waals surface area contributed by atoms with Crippen LogP contribution >= 0.6 is 0 Å². The zero-order chi connectivity index (χ0) is 13.3. The van der Waals surface area contributed by atoms with E-state index >= 15 is 0 Å². The monoisotopic (exact) mass is 250 g/mol. The largest absolute Gasteiger partial charge is 0.386 e. The van der Waals surface area contributed by atoms with Crippen molar-refractivity contribution in [2.24, 2.45) is 0 Å². The topological polar surface area (TPSA) is 66.6 Å². The Morgan fingerprint density at radius 3 is 2.72 bits per heavy atom. The Kier molecular flexibility index (Phi) is 3.26. The van der Waals surface area contributed by atoms with Gasteiger partial charge < -0.3 is 10.0 Å². The summed E-state index contributed by atoms with van der Waals surface area (Å²) in [7, 11) is 0. The number of benzene rings is 1. The van der Waals surface area contributed by atoms with Gasteiger partial charge in [-0.25, -0.2) is 0 Å². The fraction of sp³-hybridized carbons (Fsp3) is 0.538. The summed E-state index contributed by atoms with van der Waals surface area (Å²) in [5.74, 6) is 0. The highest BCUT2D eigenvalue weighted by atomic mass is 16.6. The molecular formula is C13H18N2O3. The molecule has 0 unspecified atom stereocenters. The van der Waals surface area contributed by atoms with E-state index in [-0.39, 0.29) is 10.6 Å². The molecular weight excluding hydrogens is 232 g/mol. The molecule has 1 N–H and O–H groups in total. The number of hydrogen-bond donors (Lipinski definition) is 1. The molecule has 98 valence electrons. The van der Waals surface area contributed by atoms with Gasteiger partial charge in [0.2, 0.25) is 0 Å². The predicted molar refractivity (Wildman–Crippen MR) is 69.9 cm³/mol. The van der Waals surface area contributed by atoms with Gasteiger partial charge in [0.15, 0.2) is 0 Å². The molecule has 5 nitrogen and oxygen atoms in total. The van der Waals surface area contributed by atoms with Gasteiger partial charge in [-0.3, -0.25) is 10.1 Å². The van der Waals surface area contributed by atoms with Gasteiger partial charge in [-0.1, -0.05) is 19.4 Å². The molecule has 0 aliphatic carbocycles. The molecule has 0 aromatic heterocycles. The van der Waals surface area contributed by atoms with Crippen molar-refractivity contribution < 1.29 is 10.0 Å². The Morgan fingerprint density at radius 2 is 2.17 bits per heavy atom. The second kappa shape index (κ2) is 4.57. The Morgan fingerprint density at radius 1 is 1.50 bits per heavy atom. The summed E-state index contributed by atoms with van der Waals surface area (Å²) in [4.78, 5) is 12.4. The maximum absolute atomic E-state index is 10.8. The molecule has 5 heteroatoms. The SMILES string of the molecule is CCCC1(O)CN(c2cc([N+](=O)[O-])ccc2C)C1. The molecule has 0 radical (unpaired) electrons. The molecule has 1 fully saturated rings. The number of nitro benzene ring substituents is 1. The lowest BCUT2D eigenvalue weighted by Crippen LogP contribution is -2.62. The van der Waals surface area contributed by atoms with Crippen molar-refractivity contribution in [2.75, 3.05) is 18.0 Å². The normalized spacial score (nSPS) is 17.4. The maximum atomic E-state index is 10.8. The number of non-ortho nitro benzene ring substituents is 1. The Bertz CT molecular complexity index is 467. The molecule has 0 atom stereocenters. The summed E-state index contributed by atoms with van der Waals surface area (Å²) in [6, 6.07) is 4.85. The van der Waals surface area contributed by atoms with E-state index in [1.165, 1.54) is 6.07 Å². The zero-order valence-electron chi connectivity index (χ0n) is 10.7. The number of aryl methyl sites for hydroxylation is 1. The van der Waals surface area contributed by atoms with Crippen LogP contribution in [-0.2, 0) is 0 Å². The van der Waals surface area contributed by atoms with Crippen LogP contribution in [0.4, 0.5) is 11.4 Å². The highest BCUT2D eigenvalue weighted by Gasteiger charge is 2.40. The lowest BCUT2D eigenvalue weighted by atomic mass is 9.88. The zero-order valence-corrected chi connectivity index (χ0v) is 10.7. The first-order valence-corrected chi connectivity index (χ1v) is 6.17. The highest BCUT2D eigenvalue weighted by molar-refractivity contribution is 5.61. The quantitative estimate of drug-likeness (QED) is 0.657. The first-order valence-electron chi connectivity index (χ1n) is 6.17. The number of anilines is 1. The minimum absolute atomic E-state index is 0.0986. The van der Waals surface area contributed by atoms with Crippen molar-refractivity contribution in [1.29, 1.82) is 0 Å². The molecule has 0 bridgehead atoms. The maximum Gasteiger partial charge on any atom is 0.271 e. The lowest BCUT2D eigenvalue weighted by molar-refractivity contribution is -0.384. The third-order valence-electron chi connectivity index (χ3n) is 3.43. The van der Waals surface area contributed by atoms with Crippen LogP contribution in [0.15, 0.2) is 18.2 Å². The summed E-state index contributed by atoms with van der Waals surface area (Å²) < 4.78 is 0. The molecule has 18 heavy (non-hydrogen) atoms. The molecule has 2 rings (SSSR count). The van der Waals surface area contributed by atoms with Gasteiger partial charge in [0.25, 0.3) is 5.69 Å². The fourth-order valence-electron chi connectivity index (χ4n) is 2.51. The lowest BCUT2D eigenvalue weighted by Gasteiger charge is -2.48. The summed E-state index contributed by atoms with van der Waals surface area (Å²) in [5, 5.41) is 20.9. The number of β-amino-alcohol motifs (C(OH)–C–C–N with tert-alkyl or cyclic N) is 1. The Hall–Kier alpha value is -1.62. The molecule has 0 amide bonds. The van der Waals surface area contributed by atoms with Crippen LogP contribution in [0.2, 0.25) is 0 Å². The van der Waals surface area contributed by atoms with Gasteiger partial charge >= 0.3 is 0 Å². The van der Waals surface area contributed by atoms with Gasteiger partial charge in [0.1, 0.15) is 0 Å². The van der Waals surface area contributed by atoms with Crippen molar-refractivity contribution in [2.45, 2.75) is 32.3 Å². The highest BCUT2D eigenvalue weighted by Crippen LogP contribution is 2.34. The minimum atomic E-state index is -0.619. The number of hydrogen-bond acceptors (Lipinski definition) is 4. The molecule has 1 saturated heterocycles. The van der Waals surface area contributed by atoms with E-state index in [9.17, 15) is 15.2 Å². The van der Waals surface area contributed by atoms with E-state index in [0.29, 0.717) is 13.1 Å². The van der Waals surface area contributed by atoms with Crippen molar-refractivity contribution >= 4 is 11.4 Å². The molecule has 1 aromatic carbocycles. The van der Waals surface area contributed by atoms with Gasteiger partial charge in [-0.15, -0.1) is 0 Å². The van der Waals surface area contributed by atoms with Gasteiger partial charge in [-0.05, 0) is 18.9 Å². The Balaban J connectivity index is 2.16. The van der Waals surface area contributed by atoms with E-state index in [4.69, 9.17) is 0 Å². The summed E-state index contributed by atoms with van der Waals surface area (Å²) >= 11 is 0. The van der Waals surface area contributed by atoms with Crippen LogP contribution in [0.3, 0.4) is 0 Å². The number of aliphatic hydroxyl groups is 1. The first-order chi connectivity index (χ1) is 8.45. The second-order valence-corrected chi connectivity index (χ2v) is 5.06. The third-order valence-corrected chi connectivity index (χ3v) is 3.43. The van der Waals surface area contributed by atoms with E-state index < -0.39 is 5.60 Å². The van der Waals surface area contributed by atoms with Crippen LogP contribution in [0.1, 0.15) is 25.3 Å². The average molecular weight is 250 g/mol. The van der Waals surface area contributed by atoms with Crippen LogP contribution in [-0.4, -0.2) is 28.7 Å². The fourth-order valence-corrected chi connectivity index (χ4v) is 2.51. The smallest absolute Gasteiger partial charge is 0.271 e. The summed E-state index contributed by atoms with van der Waals surface area (Å²) in [6.45, 7) is 5.08. The summed E-state index contributed by atoms with van der Waals surface area (Å²) in [5.41, 5.74) is 1.33. The van der Waals surface area contributed by atoms with E-state index in [2.05, 4.69) is 0 Å². The van der Waals surface area contributed by atoms with Gasteiger partial charge in [-0.2, -0.15) is 0 Å². The number of rotatable bonds is 4. The van der Waals surface area contributed by atoms with Crippen molar-refractivity contribution in [3.63, 3.8) is 0 Å². The van der Waals surface area contributed by atoms with Crippen LogP contribution in [0.5, 0.6) is 0 Å². The number of nitrogens with zero attached hydrogens (tertiary/aromatic N) is 2. The van der Waals surface area contributed by atoms with Gasteiger partial charge in [0, 0.05) is 30.9 Å². The summed E-state index contributed by atoms with van der Waals surface area (Å²) in [6.07, 6.45) is 1.72. The van der Waals surface area contributed by atoms with Crippen LogP contribution in [0, 0.1) is 17.0 Å².